The minimum atomic E-state index is -0.521. The largest absolute Gasteiger partial charge is 0.505 e. The van der Waals surface area contributed by atoms with Crippen molar-refractivity contribution in [2.45, 2.75) is 19.3 Å². The highest BCUT2D eigenvalue weighted by molar-refractivity contribution is 5.34. The van der Waals surface area contributed by atoms with Gasteiger partial charge in [0.15, 0.2) is 11.6 Å². The van der Waals surface area contributed by atoms with Crippen molar-refractivity contribution in [1.82, 2.24) is 5.32 Å². The summed E-state index contributed by atoms with van der Waals surface area (Å²) in [7, 11) is 1.82. The summed E-state index contributed by atoms with van der Waals surface area (Å²) >= 11 is 0. The predicted molar refractivity (Wildman–Crippen MR) is 55.0 cm³/mol. The fraction of sp³-hybridized carbons (Fsp3) is 0.455. The van der Waals surface area contributed by atoms with Gasteiger partial charge in [-0.15, -0.1) is 0 Å². The van der Waals surface area contributed by atoms with Crippen molar-refractivity contribution < 1.29 is 9.50 Å². The number of aromatic hydroxyl groups is 1. The quantitative estimate of drug-likeness (QED) is 0.777. The molecule has 0 aliphatic carbocycles. The maximum absolute atomic E-state index is 13.5. The summed E-state index contributed by atoms with van der Waals surface area (Å²) in [4.78, 5) is 0. The van der Waals surface area contributed by atoms with Crippen molar-refractivity contribution >= 4 is 0 Å². The first-order valence-electron chi connectivity index (χ1n) is 4.61. The Morgan fingerprint density at radius 1 is 1.43 bits per heavy atom. The van der Waals surface area contributed by atoms with Gasteiger partial charge in [0.25, 0.3) is 0 Å². The SMILES string of the molecule is CNCC(C)(C)c1cccc(O)c1F. The minimum absolute atomic E-state index is 0.285. The van der Waals surface area contributed by atoms with Crippen molar-refractivity contribution in [2.24, 2.45) is 0 Å². The Morgan fingerprint density at radius 3 is 2.64 bits per heavy atom. The second-order valence-electron chi connectivity index (χ2n) is 4.05. The molecule has 0 spiro atoms. The number of halogens is 1. The molecule has 0 fully saturated rings. The van der Waals surface area contributed by atoms with Gasteiger partial charge in [-0.05, 0) is 18.7 Å². The van der Waals surface area contributed by atoms with Crippen LogP contribution in [-0.4, -0.2) is 18.7 Å². The molecule has 0 heterocycles. The average Bonchev–Trinajstić information content (AvgIpc) is 2.09. The van der Waals surface area contributed by atoms with Gasteiger partial charge >= 0.3 is 0 Å². The molecular formula is C11H16FNO. The number of nitrogens with one attached hydrogen (secondary N) is 1. The molecular weight excluding hydrogens is 181 g/mol. The van der Waals surface area contributed by atoms with E-state index in [4.69, 9.17) is 0 Å². The minimum Gasteiger partial charge on any atom is -0.505 e. The Labute approximate surface area is 83.8 Å². The van der Waals surface area contributed by atoms with E-state index in [1.54, 1.807) is 12.1 Å². The fourth-order valence-corrected chi connectivity index (χ4v) is 1.58. The van der Waals surface area contributed by atoms with Crippen LogP contribution in [-0.2, 0) is 5.41 Å². The fourth-order valence-electron chi connectivity index (χ4n) is 1.58. The van der Waals surface area contributed by atoms with Crippen LogP contribution in [0.4, 0.5) is 4.39 Å². The second-order valence-corrected chi connectivity index (χ2v) is 4.05. The number of likely N-dealkylation sites (N-methyl/N-ethyl adjacent to an activating group) is 1. The van der Waals surface area contributed by atoms with Gasteiger partial charge < -0.3 is 10.4 Å². The monoisotopic (exact) mass is 197 g/mol. The first-order valence-corrected chi connectivity index (χ1v) is 4.61. The van der Waals surface area contributed by atoms with Crippen LogP contribution in [0.1, 0.15) is 19.4 Å². The highest BCUT2D eigenvalue weighted by Gasteiger charge is 2.24. The Hall–Kier alpha value is -1.09. The van der Waals surface area contributed by atoms with Crippen LogP contribution in [0.15, 0.2) is 18.2 Å². The highest BCUT2D eigenvalue weighted by Crippen LogP contribution is 2.29. The van der Waals surface area contributed by atoms with Gasteiger partial charge in [-0.2, -0.15) is 0 Å². The van der Waals surface area contributed by atoms with Crippen molar-refractivity contribution in [1.29, 1.82) is 0 Å². The van der Waals surface area contributed by atoms with Gasteiger partial charge in [-0.1, -0.05) is 26.0 Å². The van der Waals surface area contributed by atoms with Gasteiger partial charge in [-0.25, -0.2) is 4.39 Å². The highest BCUT2D eigenvalue weighted by atomic mass is 19.1. The molecule has 0 bridgehead atoms. The van der Waals surface area contributed by atoms with E-state index in [0.717, 1.165) is 0 Å². The standard InChI is InChI=1S/C11H16FNO/c1-11(2,7-13-3)8-5-4-6-9(14)10(8)12/h4-6,13-14H,7H2,1-3H3. The number of hydrogen-bond acceptors (Lipinski definition) is 2. The van der Waals surface area contributed by atoms with Crippen LogP contribution in [0.5, 0.6) is 5.75 Å². The maximum Gasteiger partial charge on any atom is 0.168 e. The van der Waals surface area contributed by atoms with Crippen molar-refractivity contribution in [3.63, 3.8) is 0 Å². The summed E-state index contributed by atoms with van der Waals surface area (Å²) in [6.07, 6.45) is 0. The topological polar surface area (TPSA) is 32.3 Å². The van der Waals surface area contributed by atoms with Crippen LogP contribution >= 0.6 is 0 Å². The molecule has 0 atom stereocenters. The second kappa shape index (κ2) is 3.96. The lowest BCUT2D eigenvalue weighted by molar-refractivity contribution is 0.406. The lowest BCUT2D eigenvalue weighted by atomic mass is 9.84. The Balaban J connectivity index is 3.12. The number of hydrogen-bond donors (Lipinski definition) is 2. The predicted octanol–water partition coefficient (Wildman–Crippen LogP) is 2.03. The third-order valence-electron chi connectivity index (χ3n) is 2.33. The van der Waals surface area contributed by atoms with E-state index in [0.29, 0.717) is 12.1 Å². The van der Waals surface area contributed by atoms with Gasteiger partial charge in [0.1, 0.15) is 0 Å². The van der Waals surface area contributed by atoms with Crippen LogP contribution in [0.25, 0.3) is 0 Å². The van der Waals surface area contributed by atoms with Crippen LogP contribution in [0.2, 0.25) is 0 Å². The van der Waals surface area contributed by atoms with Crippen molar-refractivity contribution in [3.05, 3.63) is 29.6 Å². The molecule has 0 saturated heterocycles. The molecule has 1 aromatic rings. The number of benzene rings is 1. The molecule has 1 aromatic carbocycles. The Kier molecular flexibility index (Phi) is 3.11. The molecule has 0 aromatic heterocycles. The lowest BCUT2D eigenvalue weighted by Gasteiger charge is -2.25. The van der Waals surface area contributed by atoms with Gasteiger partial charge in [0.2, 0.25) is 0 Å². The molecule has 14 heavy (non-hydrogen) atoms. The molecule has 3 heteroatoms. The summed E-state index contributed by atoms with van der Waals surface area (Å²) in [5.74, 6) is -0.806. The molecule has 78 valence electrons. The van der Waals surface area contributed by atoms with E-state index in [9.17, 15) is 9.50 Å². The summed E-state index contributed by atoms with van der Waals surface area (Å²) < 4.78 is 13.5. The van der Waals surface area contributed by atoms with E-state index < -0.39 is 5.82 Å². The molecule has 2 nitrogen and oxygen atoms in total. The first-order chi connectivity index (χ1) is 6.49. The lowest BCUT2D eigenvalue weighted by Crippen LogP contribution is -2.31. The summed E-state index contributed by atoms with van der Waals surface area (Å²) in [6.45, 7) is 4.52. The molecule has 0 aliphatic rings. The smallest absolute Gasteiger partial charge is 0.168 e. The summed E-state index contributed by atoms with van der Waals surface area (Å²) in [5.41, 5.74) is 0.212. The number of phenolic OH excluding ortho intramolecular Hbond substituents is 1. The summed E-state index contributed by atoms with van der Waals surface area (Å²) in [5, 5.41) is 12.2. The number of rotatable bonds is 3. The number of phenols is 1. The molecule has 1 rings (SSSR count). The van der Waals surface area contributed by atoms with E-state index >= 15 is 0 Å². The van der Waals surface area contributed by atoms with Crippen molar-refractivity contribution in [2.75, 3.05) is 13.6 Å². The van der Waals surface area contributed by atoms with Gasteiger partial charge in [0, 0.05) is 12.0 Å². The average molecular weight is 197 g/mol. The zero-order chi connectivity index (χ0) is 10.8. The van der Waals surface area contributed by atoms with Gasteiger partial charge in [-0.3, -0.25) is 0 Å². The van der Waals surface area contributed by atoms with E-state index in [-0.39, 0.29) is 11.2 Å². The normalized spacial score (nSPS) is 11.7. The maximum atomic E-state index is 13.5. The zero-order valence-corrected chi connectivity index (χ0v) is 8.76. The molecule has 0 saturated carbocycles. The van der Waals surface area contributed by atoms with Crippen LogP contribution < -0.4 is 5.32 Å². The van der Waals surface area contributed by atoms with Crippen LogP contribution in [0, 0.1) is 5.82 Å². The van der Waals surface area contributed by atoms with E-state index in [1.165, 1.54) is 6.07 Å². The third-order valence-corrected chi connectivity index (χ3v) is 2.33. The molecule has 2 N–H and O–H groups in total. The molecule has 0 unspecified atom stereocenters. The van der Waals surface area contributed by atoms with Crippen molar-refractivity contribution in [3.8, 4) is 5.75 Å². The van der Waals surface area contributed by atoms with Crippen LogP contribution in [0.3, 0.4) is 0 Å². The van der Waals surface area contributed by atoms with E-state index in [1.807, 2.05) is 20.9 Å². The first kappa shape index (κ1) is 11.0. The summed E-state index contributed by atoms with van der Waals surface area (Å²) in [6, 6.07) is 4.71. The van der Waals surface area contributed by atoms with E-state index in [2.05, 4.69) is 5.32 Å². The Morgan fingerprint density at radius 2 is 2.07 bits per heavy atom. The molecule has 0 aliphatic heterocycles. The molecule has 0 radical (unpaired) electrons. The molecule has 0 amide bonds. The Bertz CT molecular complexity index is 323. The zero-order valence-electron chi connectivity index (χ0n) is 8.76. The van der Waals surface area contributed by atoms with Gasteiger partial charge in [0.05, 0.1) is 0 Å². The third kappa shape index (κ3) is 2.04.